The summed E-state index contributed by atoms with van der Waals surface area (Å²) in [4.78, 5) is 36.3. The number of allylic oxidation sites excluding steroid dienone is 1. The van der Waals surface area contributed by atoms with Gasteiger partial charge in [0, 0.05) is 17.0 Å². The van der Waals surface area contributed by atoms with Crippen LogP contribution in [0, 0.1) is 16.7 Å². The van der Waals surface area contributed by atoms with Gasteiger partial charge in [0.25, 0.3) is 0 Å². The molecule has 2 aliphatic carbocycles. The molecule has 1 atom stereocenters. The fourth-order valence-corrected chi connectivity index (χ4v) is 3.80. The third-order valence-electron chi connectivity index (χ3n) is 5.60. The zero-order valence-corrected chi connectivity index (χ0v) is 18.0. The molecule has 0 aliphatic heterocycles. The smallest absolute Gasteiger partial charge is 0.319 e. The summed E-state index contributed by atoms with van der Waals surface area (Å²) >= 11 is 0. The minimum Gasteiger partial charge on any atom is -0.464 e. The molecule has 2 rings (SSSR count). The van der Waals surface area contributed by atoms with Gasteiger partial charge < -0.3 is 10.1 Å². The van der Waals surface area contributed by atoms with Crippen molar-refractivity contribution in [2.75, 3.05) is 6.61 Å². The van der Waals surface area contributed by atoms with Gasteiger partial charge in [-0.3, -0.25) is 14.4 Å². The minimum atomic E-state index is -0.940. The van der Waals surface area contributed by atoms with Crippen LogP contribution in [0.5, 0.6) is 0 Å². The second kappa shape index (κ2) is 7.96. The summed E-state index contributed by atoms with van der Waals surface area (Å²) < 4.78 is 20.5. The van der Waals surface area contributed by atoms with Gasteiger partial charge in [-0.2, -0.15) is 0 Å². The van der Waals surface area contributed by atoms with Gasteiger partial charge in [-0.25, -0.2) is 4.39 Å². The normalized spacial score (nSPS) is 21.9. The van der Waals surface area contributed by atoms with Gasteiger partial charge in [0.15, 0.2) is 0 Å². The summed E-state index contributed by atoms with van der Waals surface area (Å²) in [6.07, 6.45) is 3.45. The molecule has 6 heteroatoms. The second-order valence-electron chi connectivity index (χ2n) is 10.2. The number of Topliss-reactive ketones (excluding diaryl/α,β-unsaturated/α-hetero) is 1. The predicted molar refractivity (Wildman–Crippen MR) is 105 cm³/mol. The maximum Gasteiger partial charge on any atom is 0.319 e. The monoisotopic (exact) mass is 395 g/mol. The molecule has 1 unspecified atom stereocenters. The molecule has 5 nitrogen and oxygen atoms in total. The highest BCUT2D eigenvalue weighted by Crippen LogP contribution is 2.48. The molecule has 0 heterocycles. The Bertz CT molecular complexity index is 683. The van der Waals surface area contributed by atoms with E-state index < -0.39 is 22.3 Å². The number of hydrogen-bond acceptors (Lipinski definition) is 4. The van der Waals surface area contributed by atoms with Crippen molar-refractivity contribution < 1.29 is 23.5 Å². The lowest BCUT2D eigenvalue weighted by Crippen LogP contribution is -2.42. The quantitative estimate of drug-likeness (QED) is 0.517. The molecule has 1 N–H and O–H groups in total. The third kappa shape index (κ3) is 5.42. The highest BCUT2D eigenvalue weighted by molar-refractivity contribution is 6.05. The highest BCUT2D eigenvalue weighted by Gasteiger charge is 2.55. The maximum absolute atomic E-state index is 15.0. The van der Waals surface area contributed by atoms with Crippen molar-refractivity contribution in [3.63, 3.8) is 0 Å². The maximum atomic E-state index is 15.0. The molecule has 2 aliphatic rings. The van der Waals surface area contributed by atoms with E-state index in [2.05, 4.69) is 5.32 Å². The minimum absolute atomic E-state index is 0.133. The SMILES string of the molecule is CC(=O)C1(C(=O)OCC(C)(C)CC2CCCC(C(=O)NC(C)(C)C)=C2F)CC1. The predicted octanol–water partition coefficient (Wildman–Crippen LogP) is 4.25. The van der Waals surface area contributed by atoms with E-state index in [9.17, 15) is 14.4 Å². The van der Waals surface area contributed by atoms with Crippen LogP contribution in [0.25, 0.3) is 0 Å². The van der Waals surface area contributed by atoms with Crippen LogP contribution in [0.4, 0.5) is 4.39 Å². The summed E-state index contributed by atoms with van der Waals surface area (Å²) in [5.41, 5.74) is -1.56. The van der Waals surface area contributed by atoms with Crippen LogP contribution < -0.4 is 5.32 Å². The van der Waals surface area contributed by atoms with Crippen LogP contribution in [0.1, 0.15) is 80.1 Å². The lowest BCUT2D eigenvalue weighted by molar-refractivity contribution is -0.156. The molecular weight excluding hydrogens is 361 g/mol. The number of esters is 1. The van der Waals surface area contributed by atoms with Crippen LogP contribution in [0.15, 0.2) is 11.4 Å². The van der Waals surface area contributed by atoms with E-state index in [1.54, 1.807) is 0 Å². The lowest BCUT2D eigenvalue weighted by Gasteiger charge is -2.32. The molecule has 0 spiro atoms. The van der Waals surface area contributed by atoms with Gasteiger partial charge in [0.05, 0.1) is 6.61 Å². The number of halogens is 1. The number of carbonyl (C=O) groups is 3. The first-order chi connectivity index (χ1) is 12.8. The van der Waals surface area contributed by atoms with Crippen LogP contribution in [-0.2, 0) is 19.1 Å². The summed E-state index contributed by atoms with van der Waals surface area (Å²) in [5, 5.41) is 2.84. The molecule has 158 valence electrons. The zero-order valence-electron chi connectivity index (χ0n) is 18.0. The van der Waals surface area contributed by atoms with Gasteiger partial charge in [0.2, 0.25) is 5.91 Å². The van der Waals surface area contributed by atoms with Gasteiger partial charge in [0.1, 0.15) is 17.0 Å². The van der Waals surface area contributed by atoms with Crippen LogP contribution in [-0.4, -0.2) is 29.8 Å². The van der Waals surface area contributed by atoms with Crippen molar-refractivity contribution in [2.24, 2.45) is 16.7 Å². The van der Waals surface area contributed by atoms with E-state index in [1.165, 1.54) is 6.92 Å². The van der Waals surface area contributed by atoms with Crippen molar-refractivity contribution in [3.05, 3.63) is 11.4 Å². The van der Waals surface area contributed by atoms with E-state index >= 15 is 4.39 Å². The third-order valence-corrected chi connectivity index (χ3v) is 5.60. The van der Waals surface area contributed by atoms with Crippen molar-refractivity contribution in [1.29, 1.82) is 0 Å². The highest BCUT2D eigenvalue weighted by atomic mass is 19.1. The number of hydrogen-bond donors (Lipinski definition) is 1. The number of amides is 1. The van der Waals surface area contributed by atoms with Crippen molar-refractivity contribution in [2.45, 2.75) is 85.6 Å². The van der Waals surface area contributed by atoms with Crippen LogP contribution in [0.3, 0.4) is 0 Å². The number of ether oxygens (including phenoxy) is 1. The molecule has 0 saturated heterocycles. The van der Waals surface area contributed by atoms with E-state index in [0.717, 1.165) is 6.42 Å². The van der Waals surface area contributed by atoms with Crippen LogP contribution in [0.2, 0.25) is 0 Å². The van der Waals surface area contributed by atoms with E-state index in [0.29, 0.717) is 32.1 Å². The molecule has 0 radical (unpaired) electrons. The topological polar surface area (TPSA) is 72.5 Å². The molecule has 28 heavy (non-hydrogen) atoms. The molecule has 0 aromatic rings. The lowest BCUT2D eigenvalue weighted by atomic mass is 9.77. The summed E-state index contributed by atoms with van der Waals surface area (Å²) in [5.74, 6) is -1.64. The number of ketones is 1. The standard InChI is InChI=1S/C22H34FNO4/c1-14(25)22(10-11-22)19(27)28-13-21(5,6)12-15-8-7-9-16(17(15)23)18(26)24-20(2,3)4/h15H,7-13H2,1-6H3,(H,24,26). The Morgan fingerprint density at radius 3 is 2.29 bits per heavy atom. The average Bonchev–Trinajstić information content (AvgIpc) is 3.34. The Morgan fingerprint density at radius 1 is 1.18 bits per heavy atom. The van der Waals surface area contributed by atoms with Gasteiger partial charge in [-0.15, -0.1) is 0 Å². The molecule has 1 saturated carbocycles. The fraction of sp³-hybridized carbons (Fsp3) is 0.773. The fourth-order valence-electron chi connectivity index (χ4n) is 3.80. The summed E-state index contributed by atoms with van der Waals surface area (Å²) in [6.45, 7) is 11.0. The first kappa shape index (κ1) is 22.6. The molecular formula is C22H34FNO4. The van der Waals surface area contributed by atoms with E-state index in [-0.39, 0.29) is 35.6 Å². The summed E-state index contributed by atoms with van der Waals surface area (Å²) in [6, 6.07) is 0. The van der Waals surface area contributed by atoms with Crippen molar-refractivity contribution >= 4 is 17.7 Å². The first-order valence-electron chi connectivity index (χ1n) is 10.2. The van der Waals surface area contributed by atoms with Gasteiger partial charge >= 0.3 is 5.97 Å². The first-order valence-corrected chi connectivity index (χ1v) is 10.2. The molecule has 0 bridgehead atoms. The number of carbonyl (C=O) groups excluding carboxylic acids is 3. The Hall–Kier alpha value is -1.72. The Kier molecular flexibility index (Phi) is 6.41. The Balaban J connectivity index is 2.00. The molecule has 1 amide bonds. The van der Waals surface area contributed by atoms with Gasteiger partial charge in [-0.1, -0.05) is 13.8 Å². The second-order valence-corrected chi connectivity index (χ2v) is 10.2. The molecule has 1 fully saturated rings. The zero-order chi connectivity index (χ0) is 21.3. The molecule has 0 aromatic heterocycles. The largest absolute Gasteiger partial charge is 0.464 e. The number of nitrogens with one attached hydrogen (secondary N) is 1. The van der Waals surface area contributed by atoms with E-state index in [1.807, 2.05) is 34.6 Å². The summed E-state index contributed by atoms with van der Waals surface area (Å²) in [7, 11) is 0. The Labute approximate surface area is 167 Å². The Morgan fingerprint density at radius 2 is 1.79 bits per heavy atom. The van der Waals surface area contributed by atoms with Crippen LogP contribution >= 0.6 is 0 Å². The van der Waals surface area contributed by atoms with E-state index in [4.69, 9.17) is 4.74 Å². The van der Waals surface area contributed by atoms with Gasteiger partial charge in [-0.05, 0) is 71.6 Å². The average molecular weight is 396 g/mol. The van der Waals surface area contributed by atoms with Crippen molar-refractivity contribution in [1.82, 2.24) is 5.32 Å². The number of rotatable bonds is 7. The van der Waals surface area contributed by atoms with Crippen molar-refractivity contribution in [3.8, 4) is 0 Å². The molecule has 0 aromatic carbocycles.